The summed E-state index contributed by atoms with van der Waals surface area (Å²) in [4.78, 5) is 37.7. The van der Waals surface area contributed by atoms with Gasteiger partial charge in [0.1, 0.15) is 11.9 Å². The molecule has 2 aromatic carbocycles. The van der Waals surface area contributed by atoms with Crippen molar-refractivity contribution < 1.29 is 18.7 Å². The number of thiocarbonyl (C=S) groups is 1. The second kappa shape index (κ2) is 9.00. The maximum Gasteiger partial charge on any atom is 0.414 e. The Morgan fingerprint density at radius 1 is 1.17 bits per heavy atom. The minimum atomic E-state index is -0.644. The van der Waals surface area contributed by atoms with Crippen LogP contribution in [0.1, 0.15) is 24.2 Å². The molecule has 1 aliphatic rings. The number of Topliss-reactive ketones (excluding diaryl/α,β-unsaturated/α-hetero) is 1. The number of halogens is 1. The molecule has 156 valence electrons. The van der Waals surface area contributed by atoms with Crippen LogP contribution < -0.4 is 21.0 Å². The third-order valence-corrected chi connectivity index (χ3v) is 4.65. The smallest absolute Gasteiger partial charge is 0.414 e. The lowest BCUT2D eigenvalue weighted by atomic mass is 10.2. The Kier molecular flexibility index (Phi) is 6.41. The molecule has 9 heteroatoms. The summed E-state index contributed by atoms with van der Waals surface area (Å²) in [7, 11) is 0. The average molecular weight is 429 g/mol. The Hall–Kier alpha value is -3.33. The average Bonchev–Trinajstić information content (AvgIpc) is 2.96. The monoisotopic (exact) mass is 429 g/mol. The zero-order chi connectivity index (χ0) is 21.8. The first-order valence-electron chi connectivity index (χ1n) is 9.19. The topological polar surface area (TPSA) is 87.7 Å². The molecule has 1 amide bonds. The van der Waals surface area contributed by atoms with Gasteiger partial charge in [0, 0.05) is 5.56 Å². The van der Waals surface area contributed by atoms with Gasteiger partial charge in [0.25, 0.3) is 0 Å². The minimum absolute atomic E-state index is 0.0635. The quantitative estimate of drug-likeness (QED) is 0.538. The largest absolute Gasteiger partial charge is 0.442 e. The third kappa shape index (κ3) is 4.98. The molecule has 0 radical (unpaired) electrons. The first-order chi connectivity index (χ1) is 14.2. The molecule has 0 bridgehead atoms. The van der Waals surface area contributed by atoms with E-state index in [4.69, 9.17) is 17.0 Å². The first kappa shape index (κ1) is 21.4. The number of hydrogen-bond acceptors (Lipinski definition) is 6. The van der Waals surface area contributed by atoms with Crippen molar-refractivity contribution in [3.63, 3.8) is 0 Å². The van der Waals surface area contributed by atoms with E-state index >= 15 is 0 Å². The van der Waals surface area contributed by atoms with Crippen LogP contribution in [-0.4, -0.2) is 36.1 Å². The van der Waals surface area contributed by atoms with Crippen LogP contribution >= 0.6 is 12.2 Å². The SMILES string of the molecule is CC(=O)c1ccc(Nc2ccc(N3C[C@H](CNC(C)=S)OC3=O)cc2F)c(=O)cc1. The highest BCUT2D eigenvalue weighted by molar-refractivity contribution is 7.80. The number of nitrogens with one attached hydrogen (secondary N) is 2. The van der Waals surface area contributed by atoms with Crippen LogP contribution in [0.15, 0.2) is 47.3 Å². The summed E-state index contributed by atoms with van der Waals surface area (Å²) in [5.41, 5.74) is 0.504. The van der Waals surface area contributed by atoms with Crippen molar-refractivity contribution in [3.05, 3.63) is 64.1 Å². The maximum atomic E-state index is 14.7. The fraction of sp³-hybridized carbons (Fsp3) is 0.238. The Bertz CT molecular complexity index is 1080. The second-order valence-electron chi connectivity index (χ2n) is 6.80. The van der Waals surface area contributed by atoms with E-state index < -0.39 is 23.4 Å². The van der Waals surface area contributed by atoms with Crippen molar-refractivity contribution in [3.8, 4) is 0 Å². The zero-order valence-electron chi connectivity index (χ0n) is 16.4. The van der Waals surface area contributed by atoms with Crippen LogP contribution in [0.4, 0.5) is 26.2 Å². The number of amides is 1. The standard InChI is InChI=1S/C21H20FN3O4S/c1-12(26)14-3-6-19(20(27)8-4-14)24-18-7-5-15(9-17(18)22)25-11-16(29-21(25)28)10-23-13(2)30/h3-9,16H,10-11H2,1-2H3,(H,23,30)(H,24,27)/t16-/m0/s1. The molecule has 0 aliphatic carbocycles. The zero-order valence-corrected chi connectivity index (χ0v) is 17.2. The van der Waals surface area contributed by atoms with Gasteiger partial charge >= 0.3 is 6.09 Å². The Morgan fingerprint density at radius 2 is 1.87 bits per heavy atom. The minimum Gasteiger partial charge on any atom is -0.442 e. The lowest BCUT2D eigenvalue weighted by Gasteiger charge is -2.15. The number of ether oxygens (including phenoxy) is 1. The number of nitrogens with zero attached hydrogens (tertiary/aromatic N) is 1. The lowest BCUT2D eigenvalue weighted by molar-refractivity contribution is 0.101. The molecule has 1 saturated heterocycles. The molecule has 2 aromatic rings. The second-order valence-corrected chi connectivity index (χ2v) is 7.41. The van der Waals surface area contributed by atoms with Crippen molar-refractivity contribution in [2.75, 3.05) is 23.3 Å². The van der Waals surface area contributed by atoms with Crippen LogP contribution in [0, 0.1) is 5.82 Å². The van der Waals surface area contributed by atoms with E-state index in [0.29, 0.717) is 22.8 Å². The van der Waals surface area contributed by atoms with Crippen molar-refractivity contribution in [2.45, 2.75) is 20.0 Å². The molecule has 0 saturated carbocycles. The maximum absolute atomic E-state index is 14.7. The van der Waals surface area contributed by atoms with Gasteiger partial charge in [-0.05, 0) is 56.3 Å². The van der Waals surface area contributed by atoms with Crippen LogP contribution in [0.5, 0.6) is 0 Å². The van der Waals surface area contributed by atoms with E-state index in [0.717, 1.165) is 0 Å². The molecule has 1 aliphatic heterocycles. The highest BCUT2D eigenvalue weighted by atomic mass is 32.1. The molecule has 1 atom stereocenters. The van der Waals surface area contributed by atoms with E-state index in [1.54, 1.807) is 13.0 Å². The fourth-order valence-electron chi connectivity index (χ4n) is 2.92. The van der Waals surface area contributed by atoms with Crippen LogP contribution in [0.2, 0.25) is 0 Å². The van der Waals surface area contributed by atoms with Gasteiger partial charge < -0.3 is 15.4 Å². The molecule has 1 heterocycles. The summed E-state index contributed by atoms with van der Waals surface area (Å²) < 4.78 is 19.9. The molecule has 0 aromatic heterocycles. The van der Waals surface area contributed by atoms with Gasteiger partial charge in [0.2, 0.25) is 5.43 Å². The highest BCUT2D eigenvalue weighted by Crippen LogP contribution is 2.27. The Morgan fingerprint density at radius 3 is 2.53 bits per heavy atom. The number of anilines is 3. The lowest BCUT2D eigenvalue weighted by Crippen LogP contribution is -2.32. The molecular formula is C21H20FN3O4S. The van der Waals surface area contributed by atoms with Crippen LogP contribution in [0.25, 0.3) is 0 Å². The molecule has 0 spiro atoms. The van der Waals surface area contributed by atoms with Gasteiger partial charge in [-0.1, -0.05) is 12.2 Å². The fourth-order valence-corrected chi connectivity index (χ4v) is 3.00. The Labute approximate surface area is 177 Å². The number of ketones is 1. The molecule has 2 N–H and O–H groups in total. The van der Waals surface area contributed by atoms with Crippen molar-refractivity contribution in [2.24, 2.45) is 0 Å². The van der Waals surface area contributed by atoms with Gasteiger partial charge in [-0.2, -0.15) is 0 Å². The number of benzene rings is 1. The number of cyclic esters (lactones) is 1. The van der Waals surface area contributed by atoms with E-state index in [2.05, 4.69) is 10.6 Å². The summed E-state index contributed by atoms with van der Waals surface area (Å²) in [5.74, 6) is -0.826. The van der Waals surface area contributed by atoms with Crippen molar-refractivity contribution in [1.82, 2.24) is 5.32 Å². The van der Waals surface area contributed by atoms with Crippen LogP contribution in [-0.2, 0) is 4.74 Å². The number of carbonyl (C=O) groups is 2. The summed E-state index contributed by atoms with van der Waals surface area (Å²) in [5, 5.41) is 5.68. The summed E-state index contributed by atoms with van der Waals surface area (Å²) in [6.45, 7) is 3.75. The summed E-state index contributed by atoms with van der Waals surface area (Å²) in [6, 6.07) is 9.78. The first-order valence-corrected chi connectivity index (χ1v) is 9.60. The van der Waals surface area contributed by atoms with E-state index in [9.17, 15) is 18.8 Å². The summed E-state index contributed by atoms with van der Waals surface area (Å²) in [6.07, 6.45) is -0.975. The van der Waals surface area contributed by atoms with Gasteiger partial charge in [-0.25, -0.2) is 9.18 Å². The van der Waals surface area contributed by atoms with Crippen molar-refractivity contribution >= 4 is 46.1 Å². The predicted octanol–water partition coefficient (Wildman–Crippen LogP) is 3.39. The number of hydrogen-bond donors (Lipinski definition) is 2. The third-order valence-electron chi connectivity index (χ3n) is 4.50. The molecule has 0 unspecified atom stereocenters. The van der Waals surface area contributed by atoms with Crippen LogP contribution in [0.3, 0.4) is 0 Å². The highest BCUT2D eigenvalue weighted by Gasteiger charge is 2.32. The molecular weight excluding hydrogens is 409 g/mol. The van der Waals surface area contributed by atoms with Gasteiger partial charge in [0.05, 0.1) is 35.1 Å². The van der Waals surface area contributed by atoms with E-state index in [-0.39, 0.29) is 23.7 Å². The molecule has 7 nitrogen and oxygen atoms in total. The van der Waals surface area contributed by atoms with Gasteiger partial charge in [0.15, 0.2) is 5.78 Å². The van der Waals surface area contributed by atoms with E-state index in [1.165, 1.54) is 48.2 Å². The number of carbonyl (C=O) groups excluding carboxylic acids is 2. The number of rotatable bonds is 6. The van der Waals surface area contributed by atoms with Gasteiger partial charge in [-0.3, -0.25) is 14.5 Å². The summed E-state index contributed by atoms with van der Waals surface area (Å²) >= 11 is 4.94. The molecule has 3 rings (SSSR count). The van der Waals surface area contributed by atoms with E-state index in [1.807, 2.05) is 0 Å². The Balaban J connectivity index is 1.77. The molecule has 1 fully saturated rings. The van der Waals surface area contributed by atoms with Gasteiger partial charge in [-0.15, -0.1) is 0 Å². The molecule has 30 heavy (non-hydrogen) atoms. The normalized spacial score (nSPS) is 15.5. The van der Waals surface area contributed by atoms with Crippen molar-refractivity contribution in [1.29, 1.82) is 0 Å². The predicted molar refractivity (Wildman–Crippen MR) is 116 cm³/mol.